The Labute approximate surface area is 109 Å². The SMILES string of the molecule is CCNS(=O)(=O)c1ccc(NCCC2CC2)cc1. The van der Waals surface area contributed by atoms with E-state index in [9.17, 15) is 8.42 Å². The van der Waals surface area contributed by atoms with Crippen molar-refractivity contribution >= 4 is 15.7 Å². The van der Waals surface area contributed by atoms with Crippen molar-refractivity contribution in [3.8, 4) is 0 Å². The molecule has 1 aliphatic rings. The summed E-state index contributed by atoms with van der Waals surface area (Å²) in [5.41, 5.74) is 0.978. The van der Waals surface area contributed by atoms with Crippen LogP contribution in [0.1, 0.15) is 26.2 Å². The molecule has 0 aliphatic heterocycles. The molecule has 0 radical (unpaired) electrons. The van der Waals surface area contributed by atoms with Crippen LogP contribution in [0.4, 0.5) is 5.69 Å². The van der Waals surface area contributed by atoms with Crippen molar-refractivity contribution < 1.29 is 8.42 Å². The molecule has 1 saturated carbocycles. The minimum Gasteiger partial charge on any atom is -0.385 e. The quantitative estimate of drug-likeness (QED) is 0.797. The maximum Gasteiger partial charge on any atom is 0.240 e. The normalized spacial score (nSPS) is 15.6. The molecular weight excluding hydrogens is 248 g/mol. The van der Waals surface area contributed by atoms with Gasteiger partial charge in [0.05, 0.1) is 4.90 Å². The van der Waals surface area contributed by atoms with Crippen LogP contribution in [-0.4, -0.2) is 21.5 Å². The fourth-order valence-electron chi connectivity index (χ4n) is 1.85. The first-order chi connectivity index (χ1) is 8.62. The lowest BCUT2D eigenvalue weighted by molar-refractivity contribution is 0.584. The highest BCUT2D eigenvalue weighted by molar-refractivity contribution is 7.89. The molecule has 0 saturated heterocycles. The first kappa shape index (κ1) is 13.4. The van der Waals surface area contributed by atoms with E-state index >= 15 is 0 Å². The number of benzene rings is 1. The Morgan fingerprint density at radius 2 is 1.89 bits per heavy atom. The van der Waals surface area contributed by atoms with Crippen LogP contribution < -0.4 is 10.0 Å². The maximum absolute atomic E-state index is 11.7. The Morgan fingerprint density at radius 1 is 1.22 bits per heavy atom. The fourth-order valence-corrected chi connectivity index (χ4v) is 2.89. The number of nitrogens with one attached hydrogen (secondary N) is 2. The molecule has 1 aromatic carbocycles. The second-order valence-electron chi connectivity index (χ2n) is 4.68. The molecule has 1 aliphatic carbocycles. The summed E-state index contributed by atoms with van der Waals surface area (Å²) >= 11 is 0. The number of hydrogen-bond donors (Lipinski definition) is 2. The van der Waals surface area contributed by atoms with Crippen LogP contribution in [0, 0.1) is 5.92 Å². The summed E-state index contributed by atoms with van der Waals surface area (Å²) in [4.78, 5) is 0.317. The standard InChI is InChI=1S/C13H20N2O2S/c1-2-15-18(16,17)13-7-5-12(6-8-13)14-10-9-11-3-4-11/h5-8,11,14-15H,2-4,9-10H2,1H3. The summed E-state index contributed by atoms with van der Waals surface area (Å²) in [6, 6.07) is 6.91. The van der Waals surface area contributed by atoms with Crippen molar-refractivity contribution in [1.82, 2.24) is 4.72 Å². The van der Waals surface area contributed by atoms with E-state index in [1.54, 1.807) is 19.1 Å². The maximum atomic E-state index is 11.7. The minimum atomic E-state index is -3.33. The smallest absolute Gasteiger partial charge is 0.240 e. The number of hydrogen-bond acceptors (Lipinski definition) is 3. The topological polar surface area (TPSA) is 58.2 Å². The van der Waals surface area contributed by atoms with Crippen molar-refractivity contribution in [1.29, 1.82) is 0 Å². The van der Waals surface area contributed by atoms with Gasteiger partial charge in [0.15, 0.2) is 0 Å². The first-order valence-electron chi connectivity index (χ1n) is 6.45. The molecule has 0 amide bonds. The molecule has 18 heavy (non-hydrogen) atoms. The molecule has 2 rings (SSSR count). The van der Waals surface area contributed by atoms with Gasteiger partial charge in [0.25, 0.3) is 0 Å². The third-order valence-electron chi connectivity index (χ3n) is 3.08. The lowest BCUT2D eigenvalue weighted by Gasteiger charge is -2.08. The van der Waals surface area contributed by atoms with Crippen LogP contribution in [0.3, 0.4) is 0 Å². The Balaban J connectivity index is 1.91. The van der Waals surface area contributed by atoms with Crippen molar-refractivity contribution in [2.75, 3.05) is 18.4 Å². The predicted molar refractivity (Wildman–Crippen MR) is 73.1 cm³/mol. The van der Waals surface area contributed by atoms with Gasteiger partial charge < -0.3 is 5.32 Å². The van der Waals surface area contributed by atoms with E-state index in [1.807, 2.05) is 12.1 Å². The number of sulfonamides is 1. The van der Waals surface area contributed by atoms with Gasteiger partial charge in [0.2, 0.25) is 10.0 Å². The van der Waals surface area contributed by atoms with Crippen LogP contribution in [-0.2, 0) is 10.0 Å². The van der Waals surface area contributed by atoms with E-state index in [2.05, 4.69) is 10.0 Å². The summed E-state index contributed by atoms with van der Waals surface area (Å²) in [7, 11) is -3.33. The lowest BCUT2D eigenvalue weighted by atomic mass is 10.2. The van der Waals surface area contributed by atoms with Crippen LogP contribution in [0.25, 0.3) is 0 Å². The van der Waals surface area contributed by atoms with Gasteiger partial charge in [-0.25, -0.2) is 13.1 Å². The Hall–Kier alpha value is -1.07. The highest BCUT2D eigenvalue weighted by Crippen LogP contribution is 2.32. The van der Waals surface area contributed by atoms with Crippen molar-refractivity contribution in [3.05, 3.63) is 24.3 Å². The van der Waals surface area contributed by atoms with E-state index in [4.69, 9.17) is 0 Å². The van der Waals surface area contributed by atoms with Gasteiger partial charge in [0.1, 0.15) is 0 Å². The van der Waals surface area contributed by atoms with Crippen molar-refractivity contribution in [3.63, 3.8) is 0 Å². The summed E-state index contributed by atoms with van der Waals surface area (Å²) in [5.74, 6) is 0.908. The molecule has 0 aromatic heterocycles. The monoisotopic (exact) mass is 268 g/mol. The van der Waals surface area contributed by atoms with Gasteiger partial charge in [-0.3, -0.25) is 0 Å². The second kappa shape index (κ2) is 5.71. The average molecular weight is 268 g/mol. The molecule has 0 heterocycles. The van der Waals surface area contributed by atoms with Crippen LogP contribution in [0.15, 0.2) is 29.2 Å². The second-order valence-corrected chi connectivity index (χ2v) is 6.45. The average Bonchev–Trinajstić information content (AvgIpc) is 3.14. The molecular formula is C13H20N2O2S. The molecule has 4 nitrogen and oxygen atoms in total. The molecule has 0 atom stereocenters. The zero-order chi connectivity index (χ0) is 13.0. The molecule has 0 unspecified atom stereocenters. The number of anilines is 1. The highest BCUT2D eigenvalue weighted by Gasteiger charge is 2.20. The Bertz CT molecular complexity index is 478. The van der Waals surface area contributed by atoms with Gasteiger partial charge in [-0.1, -0.05) is 19.8 Å². The molecule has 1 aromatic rings. The molecule has 0 bridgehead atoms. The van der Waals surface area contributed by atoms with E-state index in [-0.39, 0.29) is 0 Å². The predicted octanol–water partition coefficient (Wildman–Crippen LogP) is 2.20. The first-order valence-corrected chi connectivity index (χ1v) is 7.94. The summed E-state index contributed by atoms with van der Waals surface area (Å²) in [6.45, 7) is 3.14. The third kappa shape index (κ3) is 3.71. The Kier molecular flexibility index (Phi) is 4.24. The largest absolute Gasteiger partial charge is 0.385 e. The minimum absolute atomic E-state index is 0.317. The van der Waals surface area contributed by atoms with E-state index in [1.165, 1.54) is 19.3 Å². The van der Waals surface area contributed by atoms with Gasteiger partial charge in [-0.05, 0) is 36.6 Å². The summed E-state index contributed by atoms with van der Waals surface area (Å²) < 4.78 is 25.9. The van der Waals surface area contributed by atoms with Gasteiger partial charge in [-0.15, -0.1) is 0 Å². The lowest BCUT2D eigenvalue weighted by Crippen LogP contribution is -2.23. The summed E-state index contributed by atoms with van der Waals surface area (Å²) in [6.07, 6.45) is 3.93. The van der Waals surface area contributed by atoms with Crippen molar-refractivity contribution in [2.45, 2.75) is 31.1 Å². The van der Waals surface area contributed by atoms with Gasteiger partial charge >= 0.3 is 0 Å². The summed E-state index contributed by atoms with van der Waals surface area (Å²) in [5, 5.41) is 3.31. The van der Waals surface area contributed by atoms with Crippen molar-refractivity contribution in [2.24, 2.45) is 5.92 Å². The molecule has 1 fully saturated rings. The third-order valence-corrected chi connectivity index (χ3v) is 4.64. The van der Waals surface area contributed by atoms with E-state index in [0.29, 0.717) is 11.4 Å². The van der Waals surface area contributed by atoms with Crippen LogP contribution >= 0.6 is 0 Å². The number of rotatable bonds is 7. The zero-order valence-electron chi connectivity index (χ0n) is 10.6. The molecule has 2 N–H and O–H groups in total. The van der Waals surface area contributed by atoms with Gasteiger partial charge in [-0.2, -0.15) is 0 Å². The van der Waals surface area contributed by atoms with Crippen LogP contribution in [0.2, 0.25) is 0 Å². The fraction of sp³-hybridized carbons (Fsp3) is 0.538. The Morgan fingerprint density at radius 3 is 2.44 bits per heavy atom. The molecule has 100 valence electrons. The van der Waals surface area contributed by atoms with E-state index in [0.717, 1.165) is 18.2 Å². The zero-order valence-corrected chi connectivity index (χ0v) is 11.5. The van der Waals surface area contributed by atoms with Gasteiger partial charge in [0, 0.05) is 18.8 Å². The van der Waals surface area contributed by atoms with Crippen LogP contribution in [0.5, 0.6) is 0 Å². The van der Waals surface area contributed by atoms with E-state index < -0.39 is 10.0 Å². The molecule has 5 heteroatoms. The molecule has 0 spiro atoms. The highest BCUT2D eigenvalue weighted by atomic mass is 32.2.